The van der Waals surface area contributed by atoms with E-state index >= 15 is 0 Å². The van der Waals surface area contributed by atoms with Crippen LogP contribution in [-0.2, 0) is 0 Å². The average Bonchev–Trinajstić information content (AvgIpc) is 3.13. The summed E-state index contributed by atoms with van der Waals surface area (Å²) in [5.74, 6) is -0.938. The standard InChI is InChI=1S/C18H17FN4OS/c1-2-3-11-23(17(24)14-8-4-5-9-15(14)19)18-22-21-16(25-18)13-7-6-10-20-12-13/h4-10,12H,2-3,11H2,1H3. The predicted molar refractivity (Wildman–Crippen MR) is 96.1 cm³/mol. The number of carbonyl (C=O) groups excluding carboxylic acids is 1. The Morgan fingerprint density at radius 1 is 1.20 bits per heavy atom. The van der Waals surface area contributed by atoms with Gasteiger partial charge in [0, 0.05) is 24.5 Å². The van der Waals surface area contributed by atoms with E-state index in [0.717, 1.165) is 18.4 Å². The molecule has 0 bridgehead atoms. The third kappa shape index (κ3) is 3.88. The number of aromatic nitrogens is 3. The number of hydrogen-bond donors (Lipinski definition) is 0. The zero-order valence-corrected chi connectivity index (χ0v) is 14.5. The van der Waals surface area contributed by atoms with Crippen molar-refractivity contribution in [2.75, 3.05) is 11.4 Å². The van der Waals surface area contributed by atoms with Crippen molar-refractivity contribution in [3.8, 4) is 10.6 Å². The molecule has 0 aliphatic heterocycles. The molecule has 0 unspecified atom stereocenters. The van der Waals surface area contributed by atoms with Gasteiger partial charge in [-0.15, -0.1) is 10.2 Å². The first kappa shape index (κ1) is 17.2. The van der Waals surface area contributed by atoms with Crippen LogP contribution in [0.5, 0.6) is 0 Å². The molecule has 3 aromatic rings. The van der Waals surface area contributed by atoms with Crippen molar-refractivity contribution in [2.24, 2.45) is 0 Å². The van der Waals surface area contributed by atoms with E-state index in [1.807, 2.05) is 19.1 Å². The van der Waals surface area contributed by atoms with Crippen molar-refractivity contribution >= 4 is 22.4 Å². The van der Waals surface area contributed by atoms with Gasteiger partial charge in [0.1, 0.15) is 5.82 Å². The summed E-state index contributed by atoms with van der Waals surface area (Å²) < 4.78 is 14.0. The fourth-order valence-corrected chi connectivity index (χ4v) is 3.17. The van der Waals surface area contributed by atoms with Crippen LogP contribution in [0.25, 0.3) is 10.6 Å². The van der Waals surface area contributed by atoms with Crippen molar-refractivity contribution in [1.29, 1.82) is 0 Å². The maximum absolute atomic E-state index is 14.0. The summed E-state index contributed by atoms with van der Waals surface area (Å²) in [6.07, 6.45) is 5.08. The number of benzene rings is 1. The first-order chi connectivity index (χ1) is 12.2. The number of anilines is 1. The first-order valence-corrected chi connectivity index (χ1v) is 8.82. The molecule has 0 radical (unpaired) electrons. The first-order valence-electron chi connectivity index (χ1n) is 8.01. The molecule has 0 atom stereocenters. The highest BCUT2D eigenvalue weighted by molar-refractivity contribution is 7.18. The summed E-state index contributed by atoms with van der Waals surface area (Å²) in [5.41, 5.74) is 0.872. The molecule has 25 heavy (non-hydrogen) atoms. The lowest BCUT2D eigenvalue weighted by atomic mass is 10.2. The number of rotatable bonds is 6. The Bertz CT molecular complexity index is 853. The van der Waals surface area contributed by atoms with Crippen LogP contribution >= 0.6 is 11.3 Å². The molecular formula is C18H17FN4OS. The van der Waals surface area contributed by atoms with E-state index < -0.39 is 11.7 Å². The third-order valence-corrected chi connectivity index (χ3v) is 4.63. The van der Waals surface area contributed by atoms with Crippen molar-refractivity contribution in [3.63, 3.8) is 0 Å². The molecule has 0 spiro atoms. The summed E-state index contributed by atoms with van der Waals surface area (Å²) in [6, 6.07) is 9.68. The molecule has 5 nitrogen and oxygen atoms in total. The Morgan fingerprint density at radius 3 is 2.76 bits per heavy atom. The van der Waals surface area contributed by atoms with Gasteiger partial charge < -0.3 is 0 Å². The van der Waals surface area contributed by atoms with Gasteiger partial charge in [-0.05, 0) is 30.7 Å². The molecule has 7 heteroatoms. The molecule has 128 valence electrons. The average molecular weight is 356 g/mol. The highest BCUT2D eigenvalue weighted by atomic mass is 32.1. The van der Waals surface area contributed by atoms with Gasteiger partial charge in [-0.25, -0.2) is 4.39 Å². The van der Waals surface area contributed by atoms with Gasteiger partial charge >= 0.3 is 0 Å². The molecule has 1 amide bonds. The second kappa shape index (κ2) is 7.94. The normalized spacial score (nSPS) is 10.6. The summed E-state index contributed by atoms with van der Waals surface area (Å²) in [6.45, 7) is 2.50. The summed E-state index contributed by atoms with van der Waals surface area (Å²) in [7, 11) is 0. The van der Waals surface area contributed by atoms with Crippen LogP contribution in [0.1, 0.15) is 30.1 Å². The lowest BCUT2D eigenvalue weighted by Gasteiger charge is -2.19. The van der Waals surface area contributed by atoms with E-state index in [9.17, 15) is 9.18 Å². The number of nitrogens with zero attached hydrogens (tertiary/aromatic N) is 4. The van der Waals surface area contributed by atoms with Crippen LogP contribution < -0.4 is 4.90 Å². The van der Waals surface area contributed by atoms with Crippen molar-refractivity contribution in [1.82, 2.24) is 15.2 Å². The number of amides is 1. The molecule has 0 N–H and O–H groups in total. The minimum atomic E-state index is -0.536. The lowest BCUT2D eigenvalue weighted by molar-refractivity contribution is 0.0982. The Morgan fingerprint density at radius 2 is 2.04 bits per heavy atom. The fourth-order valence-electron chi connectivity index (χ4n) is 2.31. The fraction of sp³-hybridized carbons (Fsp3) is 0.222. The zero-order valence-electron chi connectivity index (χ0n) is 13.7. The van der Waals surface area contributed by atoms with E-state index in [2.05, 4.69) is 15.2 Å². The Kier molecular flexibility index (Phi) is 5.45. The Balaban J connectivity index is 1.92. The maximum Gasteiger partial charge on any atom is 0.263 e. The molecular weight excluding hydrogens is 339 g/mol. The maximum atomic E-state index is 14.0. The zero-order chi connectivity index (χ0) is 17.6. The quantitative estimate of drug-likeness (QED) is 0.665. The third-order valence-electron chi connectivity index (χ3n) is 3.64. The van der Waals surface area contributed by atoms with Gasteiger partial charge in [-0.2, -0.15) is 0 Å². The van der Waals surface area contributed by atoms with Crippen molar-refractivity contribution in [2.45, 2.75) is 19.8 Å². The van der Waals surface area contributed by atoms with E-state index in [4.69, 9.17) is 0 Å². The van der Waals surface area contributed by atoms with Crippen LogP contribution in [-0.4, -0.2) is 27.6 Å². The molecule has 1 aromatic carbocycles. The topological polar surface area (TPSA) is 59.0 Å². The van der Waals surface area contributed by atoms with Gasteiger partial charge in [0.2, 0.25) is 5.13 Å². The molecule has 0 saturated heterocycles. The summed E-state index contributed by atoms with van der Waals surface area (Å²) in [5, 5.41) is 9.43. The second-order valence-electron chi connectivity index (χ2n) is 5.42. The van der Waals surface area contributed by atoms with E-state index in [-0.39, 0.29) is 5.56 Å². The minimum absolute atomic E-state index is 0.0386. The Hall–Kier alpha value is -2.67. The van der Waals surface area contributed by atoms with Gasteiger partial charge in [0.05, 0.1) is 5.56 Å². The highest BCUT2D eigenvalue weighted by Gasteiger charge is 2.23. The minimum Gasteiger partial charge on any atom is -0.282 e. The highest BCUT2D eigenvalue weighted by Crippen LogP contribution is 2.29. The van der Waals surface area contributed by atoms with E-state index in [1.54, 1.807) is 24.5 Å². The molecule has 2 aromatic heterocycles. The van der Waals surface area contributed by atoms with Gasteiger partial charge in [-0.1, -0.05) is 36.8 Å². The van der Waals surface area contributed by atoms with Gasteiger partial charge in [0.25, 0.3) is 5.91 Å². The second-order valence-corrected chi connectivity index (χ2v) is 6.38. The van der Waals surface area contributed by atoms with Crippen LogP contribution in [0.15, 0.2) is 48.8 Å². The van der Waals surface area contributed by atoms with Gasteiger partial charge in [0.15, 0.2) is 5.01 Å². The van der Waals surface area contributed by atoms with E-state index in [1.165, 1.54) is 28.4 Å². The van der Waals surface area contributed by atoms with Gasteiger partial charge in [-0.3, -0.25) is 14.7 Å². The van der Waals surface area contributed by atoms with Crippen molar-refractivity contribution < 1.29 is 9.18 Å². The number of hydrogen-bond acceptors (Lipinski definition) is 5. The van der Waals surface area contributed by atoms with Crippen LogP contribution in [0, 0.1) is 5.82 Å². The molecule has 0 aliphatic carbocycles. The molecule has 0 aliphatic rings. The molecule has 0 fully saturated rings. The molecule has 0 saturated carbocycles. The predicted octanol–water partition coefficient (Wildman–Crippen LogP) is 4.19. The summed E-state index contributed by atoms with van der Waals surface area (Å²) in [4.78, 5) is 18.4. The number of halogens is 1. The number of unbranched alkanes of at least 4 members (excludes halogenated alkanes) is 1. The van der Waals surface area contributed by atoms with Crippen LogP contribution in [0.2, 0.25) is 0 Å². The lowest BCUT2D eigenvalue weighted by Crippen LogP contribution is -2.32. The van der Waals surface area contributed by atoms with Crippen LogP contribution in [0.4, 0.5) is 9.52 Å². The van der Waals surface area contributed by atoms with Crippen molar-refractivity contribution in [3.05, 3.63) is 60.2 Å². The molecule has 2 heterocycles. The summed E-state index contributed by atoms with van der Waals surface area (Å²) >= 11 is 1.29. The van der Waals surface area contributed by atoms with E-state index in [0.29, 0.717) is 16.7 Å². The molecule has 3 rings (SSSR count). The number of pyridine rings is 1. The Labute approximate surface area is 149 Å². The van der Waals surface area contributed by atoms with Crippen LogP contribution in [0.3, 0.4) is 0 Å². The number of carbonyl (C=O) groups is 1. The largest absolute Gasteiger partial charge is 0.282 e. The monoisotopic (exact) mass is 356 g/mol. The smallest absolute Gasteiger partial charge is 0.263 e. The SMILES string of the molecule is CCCCN(C(=O)c1ccccc1F)c1nnc(-c2cccnc2)s1.